The minimum absolute atomic E-state index is 0.0323. The van der Waals surface area contributed by atoms with E-state index >= 15 is 0 Å². The van der Waals surface area contributed by atoms with Gasteiger partial charge in [0.05, 0.1) is 16.2 Å². The number of carbonyl (C=O) groups is 1. The average Bonchev–Trinajstić information content (AvgIpc) is 3.25. The van der Waals surface area contributed by atoms with Crippen LogP contribution in [0.3, 0.4) is 0 Å². The van der Waals surface area contributed by atoms with Crippen LogP contribution < -0.4 is 5.56 Å². The van der Waals surface area contributed by atoms with Gasteiger partial charge in [0.1, 0.15) is 0 Å². The summed E-state index contributed by atoms with van der Waals surface area (Å²) in [5.41, 5.74) is 0.749. The molecule has 2 heterocycles. The summed E-state index contributed by atoms with van der Waals surface area (Å²) in [5, 5.41) is 1.12. The number of hydrogen-bond donors (Lipinski definition) is 0. The summed E-state index contributed by atoms with van der Waals surface area (Å²) < 4.78 is 1.92. The Morgan fingerprint density at radius 3 is 2.62 bits per heavy atom. The molecule has 4 rings (SSSR count). The number of thioether (sulfide) groups is 1. The Labute approximate surface area is 176 Å². The van der Waals surface area contributed by atoms with Gasteiger partial charge in [-0.25, -0.2) is 4.98 Å². The lowest BCUT2D eigenvalue weighted by Crippen LogP contribution is -2.37. The van der Waals surface area contributed by atoms with E-state index in [9.17, 15) is 9.59 Å². The van der Waals surface area contributed by atoms with Crippen molar-refractivity contribution in [1.82, 2.24) is 14.5 Å². The molecule has 29 heavy (non-hydrogen) atoms. The maximum absolute atomic E-state index is 13.5. The van der Waals surface area contributed by atoms with Gasteiger partial charge in [0.25, 0.3) is 5.56 Å². The summed E-state index contributed by atoms with van der Waals surface area (Å²) in [7, 11) is 0. The quantitative estimate of drug-likeness (QED) is 0.547. The van der Waals surface area contributed by atoms with Crippen LogP contribution in [0, 0.1) is 11.8 Å². The molecule has 1 amide bonds. The van der Waals surface area contributed by atoms with Crippen molar-refractivity contribution >= 4 is 28.6 Å². The van der Waals surface area contributed by atoms with Crippen molar-refractivity contribution in [3.8, 4) is 0 Å². The third-order valence-electron chi connectivity index (χ3n) is 6.82. The number of benzene rings is 1. The Morgan fingerprint density at radius 1 is 1.14 bits per heavy atom. The van der Waals surface area contributed by atoms with E-state index in [4.69, 9.17) is 4.98 Å². The highest BCUT2D eigenvalue weighted by atomic mass is 32.2. The Balaban J connectivity index is 1.75. The van der Waals surface area contributed by atoms with Gasteiger partial charge in [-0.1, -0.05) is 50.6 Å². The molecule has 1 aliphatic heterocycles. The predicted molar refractivity (Wildman–Crippen MR) is 118 cm³/mol. The van der Waals surface area contributed by atoms with E-state index < -0.39 is 0 Å². The third kappa shape index (κ3) is 3.96. The summed E-state index contributed by atoms with van der Waals surface area (Å²) in [6.45, 7) is 8.17. The molecule has 2 aromatic rings. The predicted octanol–water partition coefficient (Wildman–Crippen LogP) is 4.50. The van der Waals surface area contributed by atoms with Crippen LogP contribution in [-0.2, 0) is 4.79 Å². The first kappa shape index (κ1) is 20.5. The van der Waals surface area contributed by atoms with E-state index in [2.05, 4.69) is 13.8 Å². The molecule has 2 aliphatic rings. The van der Waals surface area contributed by atoms with Crippen LogP contribution in [0.1, 0.15) is 58.9 Å². The molecule has 6 heteroatoms. The standard InChI is InChI=1S/C23H31N3O2S/c1-15-9-8-12-20(16(15)2)26-22(28)18-10-4-5-11-19(18)24-23(26)29-17(3)21(27)25-13-6-7-14-25/h4-5,10-11,15-17,20H,6-9,12-14H2,1-3H3/t15-,16+,17-,20+/m0/s1. The highest BCUT2D eigenvalue weighted by molar-refractivity contribution is 8.00. The molecule has 4 atom stereocenters. The lowest BCUT2D eigenvalue weighted by Gasteiger charge is -2.36. The Bertz CT molecular complexity index is 951. The highest BCUT2D eigenvalue weighted by Crippen LogP contribution is 2.39. The smallest absolute Gasteiger partial charge is 0.262 e. The molecule has 1 aromatic heterocycles. The fourth-order valence-corrected chi connectivity index (χ4v) is 5.87. The second kappa shape index (κ2) is 8.50. The van der Waals surface area contributed by atoms with E-state index in [-0.39, 0.29) is 22.8 Å². The number of rotatable bonds is 4. The number of para-hydroxylation sites is 1. The first-order valence-corrected chi connectivity index (χ1v) is 11.8. The number of hydrogen-bond acceptors (Lipinski definition) is 4. The van der Waals surface area contributed by atoms with Crippen LogP contribution in [0.2, 0.25) is 0 Å². The fourth-order valence-electron chi connectivity index (χ4n) is 4.82. The van der Waals surface area contributed by atoms with Crippen molar-refractivity contribution in [3.05, 3.63) is 34.6 Å². The second-order valence-electron chi connectivity index (χ2n) is 8.71. The third-order valence-corrected chi connectivity index (χ3v) is 7.87. The molecule has 0 radical (unpaired) electrons. The maximum Gasteiger partial charge on any atom is 0.262 e. The number of fused-ring (bicyclic) bond motifs is 1. The zero-order valence-electron chi connectivity index (χ0n) is 17.6. The van der Waals surface area contributed by atoms with Crippen molar-refractivity contribution in [2.45, 2.75) is 69.3 Å². The molecule has 1 saturated carbocycles. The van der Waals surface area contributed by atoms with Crippen molar-refractivity contribution in [3.63, 3.8) is 0 Å². The van der Waals surface area contributed by atoms with E-state index in [1.807, 2.05) is 40.7 Å². The summed E-state index contributed by atoms with van der Waals surface area (Å²) in [4.78, 5) is 33.2. The van der Waals surface area contributed by atoms with Crippen LogP contribution in [0.4, 0.5) is 0 Å². The molecule has 0 N–H and O–H groups in total. The lowest BCUT2D eigenvalue weighted by atomic mass is 9.78. The van der Waals surface area contributed by atoms with Gasteiger partial charge in [0.2, 0.25) is 5.91 Å². The lowest BCUT2D eigenvalue weighted by molar-refractivity contribution is -0.129. The van der Waals surface area contributed by atoms with Crippen molar-refractivity contribution < 1.29 is 4.79 Å². The molecule has 0 spiro atoms. The van der Waals surface area contributed by atoms with E-state index in [0.29, 0.717) is 27.9 Å². The first-order chi connectivity index (χ1) is 14.0. The van der Waals surface area contributed by atoms with Crippen LogP contribution >= 0.6 is 11.8 Å². The summed E-state index contributed by atoms with van der Waals surface area (Å²) in [5.74, 6) is 1.15. The summed E-state index contributed by atoms with van der Waals surface area (Å²) >= 11 is 1.45. The van der Waals surface area contributed by atoms with Crippen LogP contribution in [-0.4, -0.2) is 38.7 Å². The zero-order chi connectivity index (χ0) is 20.5. The topological polar surface area (TPSA) is 55.2 Å². The van der Waals surface area contributed by atoms with Gasteiger partial charge in [0, 0.05) is 19.1 Å². The summed E-state index contributed by atoms with van der Waals surface area (Å²) in [6.07, 6.45) is 5.49. The van der Waals surface area contributed by atoms with Crippen molar-refractivity contribution in [1.29, 1.82) is 0 Å². The number of nitrogens with zero attached hydrogens (tertiary/aromatic N) is 3. The Morgan fingerprint density at radius 2 is 1.86 bits per heavy atom. The van der Waals surface area contributed by atoms with Crippen LogP contribution in [0.25, 0.3) is 10.9 Å². The molecule has 0 bridgehead atoms. The molecule has 2 fully saturated rings. The molecule has 5 nitrogen and oxygen atoms in total. The SMILES string of the molecule is C[C@H]1[C@H](n2c(S[C@@H](C)C(=O)N3CCCC3)nc3ccccc3c2=O)CCC[C@@H]1C. The van der Waals surface area contributed by atoms with Crippen LogP contribution in [0.5, 0.6) is 0 Å². The molecular weight excluding hydrogens is 382 g/mol. The zero-order valence-corrected chi connectivity index (χ0v) is 18.5. The molecule has 1 aromatic carbocycles. The Hall–Kier alpha value is -1.82. The maximum atomic E-state index is 13.5. The molecule has 0 unspecified atom stereocenters. The van der Waals surface area contributed by atoms with Gasteiger partial charge in [-0.05, 0) is 50.2 Å². The van der Waals surface area contributed by atoms with Gasteiger partial charge < -0.3 is 4.90 Å². The first-order valence-electron chi connectivity index (χ1n) is 10.9. The van der Waals surface area contributed by atoms with Gasteiger partial charge in [-0.15, -0.1) is 0 Å². The number of likely N-dealkylation sites (tertiary alicyclic amines) is 1. The van der Waals surface area contributed by atoms with E-state index in [1.54, 1.807) is 0 Å². The second-order valence-corrected chi connectivity index (χ2v) is 10.0. The Kier molecular flexibility index (Phi) is 6.00. The number of carbonyl (C=O) groups excluding carboxylic acids is 1. The highest BCUT2D eigenvalue weighted by Gasteiger charge is 2.33. The number of aromatic nitrogens is 2. The largest absolute Gasteiger partial charge is 0.342 e. The van der Waals surface area contributed by atoms with E-state index in [1.165, 1.54) is 18.2 Å². The van der Waals surface area contributed by atoms with Gasteiger partial charge in [-0.2, -0.15) is 0 Å². The monoisotopic (exact) mass is 413 g/mol. The van der Waals surface area contributed by atoms with E-state index in [0.717, 1.165) is 38.8 Å². The summed E-state index contributed by atoms with van der Waals surface area (Å²) in [6, 6.07) is 7.71. The number of amides is 1. The van der Waals surface area contributed by atoms with Gasteiger partial charge >= 0.3 is 0 Å². The van der Waals surface area contributed by atoms with Gasteiger partial charge in [0.15, 0.2) is 5.16 Å². The van der Waals surface area contributed by atoms with Gasteiger partial charge in [-0.3, -0.25) is 14.2 Å². The molecule has 1 saturated heterocycles. The molecule has 156 valence electrons. The van der Waals surface area contributed by atoms with Crippen LogP contribution in [0.15, 0.2) is 34.2 Å². The molecular formula is C23H31N3O2S. The van der Waals surface area contributed by atoms with Crippen molar-refractivity contribution in [2.24, 2.45) is 11.8 Å². The average molecular weight is 414 g/mol. The fraction of sp³-hybridized carbons (Fsp3) is 0.609. The normalized spacial score (nSPS) is 26.0. The molecule has 1 aliphatic carbocycles. The minimum atomic E-state index is -0.247. The van der Waals surface area contributed by atoms with Crippen molar-refractivity contribution in [2.75, 3.05) is 13.1 Å². The minimum Gasteiger partial charge on any atom is -0.342 e.